The Morgan fingerprint density at radius 3 is 2.67 bits per heavy atom. The summed E-state index contributed by atoms with van der Waals surface area (Å²) in [6.45, 7) is 3.71. The van der Waals surface area contributed by atoms with Crippen LogP contribution in [0, 0.1) is 0 Å². The number of benzene rings is 1. The highest BCUT2D eigenvalue weighted by atomic mass is 35.5. The molecule has 2 rings (SSSR count). The Morgan fingerprint density at radius 1 is 1.24 bits per heavy atom. The fourth-order valence-corrected chi connectivity index (χ4v) is 2.29. The molecule has 0 aliphatic rings. The molecule has 114 valence electrons. The van der Waals surface area contributed by atoms with Gasteiger partial charge in [0.25, 0.3) is 0 Å². The second-order valence-electron chi connectivity index (χ2n) is 4.65. The highest BCUT2D eigenvalue weighted by molar-refractivity contribution is 6.32. The van der Waals surface area contributed by atoms with Crippen LogP contribution in [0.5, 0.6) is 11.5 Å². The van der Waals surface area contributed by atoms with E-state index < -0.39 is 0 Å². The fourth-order valence-electron chi connectivity index (χ4n) is 2.04. The average molecular weight is 310 g/mol. The number of hydrogen-bond donors (Lipinski definition) is 1. The summed E-state index contributed by atoms with van der Waals surface area (Å²) in [6.07, 6.45) is 4.96. The molecule has 6 heteroatoms. The first-order valence-corrected chi connectivity index (χ1v) is 7.22. The second-order valence-corrected chi connectivity index (χ2v) is 5.06. The molecule has 1 N–H and O–H groups in total. The molecular weight excluding hydrogens is 290 g/mol. The van der Waals surface area contributed by atoms with Crippen molar-refractivity contribution in [2.24, 2.45) is 0 Å². The van der Waals surface area contributed by atoms with Gasteiger partial charge in [-0.05, 0) is 12.5 Å². The van der Waals surface area contributed by atoms with Crippen LogP contribution in [0.2, 0.25) is 5.02 Å². The van der Waals surface area contributed by atoms with E-state index >= 15 is 0 Å². The van der Waals surface area contributed by atoms with Gasteiger partial charge in [-0.15, -0.1) is 0 Å². The molecule has 0 unspecified atom stereocenters. The van der Waals surface area contributed by atoms with Gasteiger partial charge in [0.15, 0.2) is 0 Å². The lowest BCUT2D eigenvalue weighted by molar-refractivity contribution is 0.395. The lowest BCUT2D eigenvalue weighted by Gasteiger charge is -2.13. The first-order chi connectivity index (χ1) is 10.2. The molecule has 0 saturated heterocycles. The van der Waals surface area contributed by atoms with Crippen molar-refractivity contribution in [3.05, 3.63) is 35.1 Å². The van der Waals surface area contributed by atoms with Gasteiger partial charge in [0.05, 0.1) is 31.1 Å². The van der Waals surface area contributed by atoms with E-state index in [1.165, 1.54) is 0 Å². The summed E-state index contributed by atoms with van der Waals surface area (Å²) < 4.78 is 12.5. The van der Waals surface area contributed by atoms with Crippen LogP contribution in [0.25, 0.3) is 0 Å². The smallest absolute Gasteiger partial charge is 0.145 e. The molecule has 0 aliphatic heterocycles. The van der Waals surface area contributed by atoms with Gasteiger partial charge in [-0.1, -0.05) is 18.5 Å². The Bertz CT molecular complexity index is 599. The minimum absolute atomic E-state index is 0.544. The number of nitrogens with zero attached hydrogens (tertiary/aromatic N) is 2. The molecule has 21 heavy (non-hydrogen) atoms. The van der Waals surface area contributed by atoms with Gasteiger partial charge in [-0.3, -0.25) is 4.68 Å². The molecule has 0 bridgehead atoms. The Kier molecular flexibility index (Phi) is 5.33. The van der Waals surface area contributed by atoms with Gasteiger partial charge in [-0.2, -0.15) is 5.10 Å². The summed E-state index contributed by atoms with van der Waals surface area (Å²) in [6, 6.07) is 3.57. The predicted molar refractivity (Wildman–Crippen MR) is 84.4 cm³/mol. The van der Waals surface area contributed by atoms with E-state index in [0.717, 1.165) is 24.2 Å². The molecule has 0 atom stereocenters. The van der Waals surface area contributed by atoms with E-state index in [4.69, 9.17) is 21.1 Å². The summed E-state index contributed by atoms with van der Waals surface area (Å²) >= 11 is 6.15. The first-order valence-electron chi connectivity index (χ1n) is 6.84. The van der Waals surface area contributed by atoms with E-state index in [1.54, 1.807) is 26.4 Å². The summed E-state index contributed by atoms with van der Waals surface area (Å²) in [4.78, 5) is 0. The molecule has 0 spiro atoms. The molecule has 0 fully saturated rings. The third-order valence-electron chi connectivity index (χ3n) is 3.10. The van der Waals surface area contributed by atoms with Crippen LogP contribution in [0.15, 0.2) is 24.5 Å². The van der Waals surface area contributed by atoms with Crippen molar-refractivity contribution in [3.63, 3.8) is 0 Å². The third kappa shape index (κ3) is 3.82. The minimum Gasteiger partial charge on any atom is -0.495 e. The number of anilines is 1. The highest BCUT2D eigenvalue weighted by Gasteiger charge is 2.10. The zero-order valence-corrected chi connectivity index (χ0v) is 13.3. The van der Waals surface area contributed by atoms with Crippen molar-refractivity contribution >= 4 is 17.3 Å². The molecular formula is C15H20ClN3O2. The van der Waals surface area contributed by atoms with Gasteiger partial charge < -0.3 is 14.8 Å². The van der Waals surface area contributed by atoms with Crippen LogP contribution in [-0.2, 0) is 13.1 Å². The van der Waals surface area contributed by atoms with Gasteiger partial charge in [0, 0.05) is 30.9 Å². The quantitative estimate of drug-likeness (QED) is 0.849. The van der Waals surface area contributed by atoms with E-state index in [2.05, 4.69) is 17.3 Å². The Morgan fingerprint density at radius 2 is 2.00 bits per heavy atom. The SMILES string of the molecule is CCCn1cc(CNc2cc(Cl)c(OC)cc2OC)cn1. The maximum absolute atomic E-state index is 6.15. The highest BCUT2D eigenvalue weighted by Crippen LogP contribution is 2.36. The lowest BCUT2D eigenvalue weighted by atomic mass is 10.2. The Labute approximate surface area is 129 Å². The van der Waals surface area contributed by atoms with Crippen molar-refractivity contribution in [2.75, 3.05) is 19.5 Å². The summed E-state index contributed by atoms with van der Waals surface area (Å²) in [5, 5.41) is 8.16. The Hall–Kier alpha value is -1.88. The molecule has 1 aromatic heterocycles. The average Bonchev–Trinajstić information content (AvgIpc) is 2.93. The zero-order valence-electron chi connectivity index (χ0n) is 12.5. The third-order valence-corrected chi connectivity index (χ3v) is 3.39. The zero-order chi connectivity index (χ0) is 15.2. The minimum atomic E-state index is 0.544. The van der Waals surface area contributed by atoms with Crippen molar-refractivity contribution < 1.29 is 9.47 Å². The molecule has 0 saturated carbocycles. The number of ether oxygens (including phenoxy) is 2. The van der Waals surface area contributed by atoms with Crippen molar-refractivity contribution in [3.8, 4) is 11.5 Å². The van der Waals surface area contributed by atoms with E-state index in [-0.39, 0.29) is 0 Å². The molecule has 2 aromatic rings. The molecule has 5 nitrogen and oxygen atoms in total. The van der Waals surface area contributed by atoms with Crippen LogP contribution < -0.4 is 14.8 Å². The maximum atomic E-state index is 6.15. The van der Waals surface area contributed by atoms with Crippen molar-refractivity contribution in [1.29, 1.82) is 0 Å². The summed E-state index contributed by atoms with van der Waals surface area (Å²) in [7, 11) is 3.20. The lowest BCUT2D eigenvalue weighted by Crippen LogP contribution is -2.02. The molecule has 0 radical (unpaired) electrons. The maximum Gasteiger partial charge on any atom is 0.145 e. The number of hydrogen-bond acceptors (Lipinski definition) is 4. The van der Waals surface area contributed by atoms with Gasteiger partial charge in [-0.25, -0.2) is 0 Å². The standard InChI is InChI=1S/C15H20ClN3O2/c1-4-5-19-10-11(9-18-19)8-17-13-6-12(16)14(20-2)7-15(13)21-3/h6-7,9-10,17H,4-5,8H2,1-3H3. The van der Waals surface area contributed by atoms with Crippen LogP contribution in [0.3, 0.4) is 0 Å². The van der Waals surface area contributed by atoms with E-state index in [1.807, 2.05) is 17.1 Å². The predicted octanol–water partition coefficient (Wildman–Crippen LogP) is 3.58. The van der Waals surface area contributed by atoms with Crippen molar-refractivity contribution in [1.82, 2.24) is 9.78 Å². The number of halogens is 1. The molecule has 0 aliphatic carbocycles. The first kappa shape index (κ1) is 15.5. The Balaban J connectivity index is 2.09. The summed E-state index contributed by atoms with van der Waals surface area (Å²) in [5.74, 6) is 1.28. The van der Waals surface area contributed by atoms with Crippen LogP contribution in [0.1, 0.15) is 18.9 Å². The van der Waals surface area contributed by atoms with Gasteiger partial charge in [0.2, 0.25) is 0 Å². The van der Waals surface area contributed by atoms with E-state index in [0.29, 0.717) is 23.1 Å². The van der Waals surface area contributed by atoms with Gasteiger partial charge >= 0.3 is 0 Å². The van der Waals surface area contributed by atoms with Gasteiger partial charge in [0.1, 0.15) is 11.5 Å². The van der Waals surface area contributed by atoms with Crippen LogP contribution in [-0.4, -0.2) is 24.0 Å². The second kappa shape index (κ2) is 7.22. The number of rotatable bonds is 7. The normalized spacial score (nSPS) is 10.5. The number of methoxy groups -OCH3 is 2. The number of nitrogens with one attached hydrogen (secondary N) is 1. The monoisotopic (exact) mass is 309 g/mol. The summed E-state index contributed by atoms with van der Waals surface area (Å²) in [5.41, 5.74) is 1.93. The fraction of sp³-hybridized carbons (Fsp3) is 0.400. The largest absolute Gasteiger partial charge is 0.495 e. The number of aryl methyl sites for hydroxylation is 1. The van der Waals surface area contributed by atoms with Crippen molar-refractivity contribution in [2.45, 2.75) is 26.4 Å². The topological polar surface area (TPSA) is 48.3 Å². The number of aromatic nitrogens is 2. The molecule has 1 heterocycles. The molecule has 1 aromatic carbocycles. The van der Waals surface area contributed by atoms with Crippen LogP contribution in [0.4, 0.5) is 5.69 Å². The van der Waals surface area contributed by atoms with Crippen LogP contribution >= 0.6 is 11.6 Å². The molecule has 0 amide bonds. The van der Waals surface area contributed by atoms with E-state index in [9.17, 15) is 0 Å².